The molecule has 1 aliphatic heterocycles. The third kappa shape index (κ3) is 3.34. The van der Waals surface area contributed by atoms with Gasteiger partial charge in [-0.05, 0) is 19.5 Å². The van der Waals surface area contributed by atoms with Crippen LogP contribution in [0.2, 0.25) is 0 Å². The van der Waals surface area contributed by atoms with Crippen LogP contribution in [0.25, 0.3) is 0 Å². The minimum atomic E-state index is -0.0627. The smallest absolute Gasteiger partial charge is 0.257 e. The van der Waals surface area contributed by atoms with Gasteiger partial charge in [0.15, 0.2) is 0 Å². The van der Waals surface area contributed by atoms with Crippen LogP contribution in [0.1, 0.15) is 27.7 Å². The number of hydrogen-bond acceptors (Lipinski definition) is 4. The van der Waals surface area contributed by atoms with Crippen LogP contribution in [0.4, 0.5) is 0 Å². The molecule has 24 heavy (non-hydrogen) atoms. The molecule has 0 spiro atoms. The molecule has 2 heterocycles. The fourth-order valence-corrected chi connectivity index (χ4v) is 3.26. The lowest BCUT2D eigenvalue weighted by Crippen LogP contribution is -2.48. The zero-order valence-electron chi connectivity index (χ0n) is 14.4. The number of aromatic amines is 1. The highest BCUT2D eigenvalue weighted by atomic mass is 16.5. The van der Waals surface area contributed by atoms with Crippen molar-refractivity contribution < 1.29 is 9.53 Å². The van der Waals surface area contributed by atoms with Gasteiger partial charge in [0.25, 0.3) is 5.91 Å². The summed E-state index contributed by atoms with van der Waals surface area (Å²) in [5.41, 5.74) is 2.61. The third-order valence-electron chi connectivity index (χ3n) is 4.60. The molecule has 1 saturated heterocycles. The maximum Gasteiger partial charge on any atom is 0.257 e. The van der Waals surface area contributed by atoms with E-state index in [1.165, 1.54) is 5.56 Å². The van der Waals surface area contributed by atoms with Gasteiger partial charge in [-0.1, -0.05) is 30.3 Å². The molecule has 0 saturated carbocycles. The second-order valence-electron chi connectivity index (χ2n) is 6.34. The Bertz CT molecular complexity index is 685. The van der Waals surface area contributed by atoms with Crippen LogP contribution in [-0.4, -0.2) is 65.8 Å². The number of rotatable bonds is 4. The highest BCUT2D eigenvalue weighted by Crippen LogP contribution is 2.28. The molecule has 0 radical (unpaired) electrons. The molecule has 0 aliphatic carbocycles. The van der Waals surface area contributed by atoms with Crippen molar-refractivity contribution in [2.24, 2.45) is 0 Å². The Hall–Kier alpha value is -2.18. The predicted molar refractivity (Wildman–Crippen MR) is 91.8 cm³/mol. The summed E-state index contributed by atoms with van der Waals surface area (Å²) < 4.78 is 6.02. The van der Waals surface area contributed by atoms with E-state index in [4.69, 9.17) is 4.74 Å². The second kappa shape index (κ2) is 7.15. The number of aryl methyl sites for hydroxylation is 1. The average molecular weight is 328 g/mol. The molecule has 0 bridgehead atoms. The molecule has 1 N–H and O–H groups in total. The molecule has 1 aromatic carbocycles. The van der Waals surface area contributed by atoms with E-state index in [0.717, 1.165) is 12.2 Å². The van der Waals surface area contributed by atoms with Crippen molar-refractivity contribution in [2.45, 2.75) is 19.1 Å². The fraction of sp³-hybridized carbons (Fsp3) is 0.444. The number of H-pyrrole nitrogens is 1. The number of benzene rings is 1. The van der Waals surface area contributed by atoms with Gasteiger partial charge in [-0.3, -0.25) is 14.8 Å². The van der Waals surface area contributed by atoms with Gasteiger partial charge in [-0.2, -0.15) is 5.10 Å². The molecular formula is C18H24N4O2. The lowest BCUT2D eigenvalue weighted by Gasteiger charge is -2.40. The van der Waals surface area contributed by atoms with Crippen molar-refractivity contribution in [1.29, 1.82) is 0 Å². The summed E-state index contributed by atoms with van der Waals surface area (Å²) in [6, 6.07) is 10.5. The first-order valence-electron chi connectivity index (χ1n) is 8.20. The SMILES string of the molecule is Cc1[nH]ncc1C(=O)N(C)C[C@@H]1OCCN(C)[C@H]1c1ccccc1. The Morgan fingerprint density at radius 3 is 2.83 bits per heavy atom. The molecule has 6 nitrogen and oxygen atoms in total. The summed E-state index contributed by atoms with van der Waals surface area (Å²) in [6.07, 6.45) is 1.52. The van der Waals surface area contributed by atoms with Crippen molar-refractivity contribution in [3.8, 4) is 0 Å². The fourth-order valence-electron chi connectivity index (χ4n) is 3.26. The van der Waals surface area contributed by atoms with E-state index in [9.17, 15) is 4.79 Å². The van der Waals surface area contributed by atoms with E-state index < -0.39 is 0 Å². The standard InChI is InChI=1S/C18H24N4O2/c1-13-15(11-19-20-13)18(23)22(3)12-16-17(21(2)9-10-24-16)14-7-5-4-6-8-14/h4-8,11,16-17H,9-10,12H2,1-3H3,(H,19,20)/t16-,17-/m0/s1. The van der Waals surface area contributed by atoms with Gasteiger partial charge in [0.1, 0.15) is 0 Å². The predicted octanol–water partition coefficient (Wildman–Crippen LogP) is 1.86. The van der Waals surface area contributed by atoms with E-state index in [0.29, 0.717) is 18.7 Å². The van der Waals surface area contributed by atoms with Crippen molar-refractivity contribution in [3.05, 3.63) is 53.3 Å². The average Bonchev–Trinajstić information content (AvgIpc) is 3.01. The minimum Gasteiger partial charge on any atom is -0.373 e. The Kier molecular flexibility index (Phi) is 4.97. The summed E-state index contributed by atoms with van der Waals surface area (Å²) in [7, 11) is 3.92. The van der Waals surface area contributed by atoms with Gasteiger partial charge in [0, 0.05) is 25.8 Å². The number of carbonyl (C=O) groups excluding carboxylic acids is 1. The second-order valence-corrected chi connectivity index (χ2v) is 6.34. The summed E-state index contributed by atoms with van der Waals surface area (Å²) in [5.74, 6) is -0.0371. The molecule has 6 heteroatoms. The Morgan fingerprint density at radius 2 is 2.17 bits per heavy atom. The molecule has 2 aromatic rings. The van der Waals surface area contributed by atoms with E-state index >= 15 is 0 Å². The van der Waals surface area contributed by atoms with Gasteiger partial charge in [0.2, 0.25) is 0 Å². The summed E-state index contributed by atoms with van der Waals surface area (Å²) >= 11 is 0. The van der Waals surface area contributed by atoms with Crippen LogP contribution in [-0.2, 0) is 4.74 Å². The lowest BCUT2D eigenvalue weighted by molar-refractivity contribution is -0.0707. The monoisotopic (exact) mass is 328 g/mol. The number of nitrogens with zero attached hydrogens (tertiary/aromatic N) is 3. The number of likely N-dealkylation sites (N-methyl/N-ethyl adjacent to an activating group) is 2. The van der Waals surface area contributed by atoms with Crippen LogP contribution in [0.5, 0.6) is 0 Å². The van der Waals surface area contributed by atoms with Gasteiger partial charge in [-0.25, -0.2) is 0 Å². The Labute approximate surface area is 142 Å². The number of hydrogen-bond donors (Lipinski definition) is 1. The maximum absolute atomic E-state index is 12.6. The summed E-state index contributed by atoms with van der Waals surface area (Å²) in [5, 5.41) is 6.75. The van der Waals surface area contributed by atoms with E-state index in [-0.39, 0.29) is 18.1 Å². The molecule has 2 atom stereocenters. The van der Waals surface area contributed by atoms with Crippen LogP contribution in [0.15, 0.2) is 36.5 Å². The van der Waals surface area contributed by atoms with E-state index in [1.807, 2.05) is 32.2 Å². The minimum absolute atomic E-state index is 0.0371. The number of nitrogens with one attached hydrogen (secondary N) is 1. The summed E-state index contributed by atoms with van der Waals surface area (Å²) in [4.78, 5) is 16.6. The lowest BCUT2D eigenvalue weighted by atomic mass is 9.98. The molecule has 1 aliphatic rings. The summed E-state index contributed by atoms with van der Waals surface area (Å²) in [6.45, 7) is 3.95. The van der Waals surface area contributed by atoms with Crippen LogP contribution in [0.3, 0.4) is 0 Å². The van der Waals surface area contributed by atoms with Crippen LogP contribution >= 0.6 is 0 Å². The zero-order valence-corrected chi connectivity index (χ0v) is 14.4. The van der Waals surface area contributed by atoms with Gasteiger partial charge >= 0.3 is 0 Å². The molecular weight excluding hydrogens is 304 g/mol. The molecule has 1 fully saturated rings. The quantitative estimate of drug-likeness (QED) is 0.931. The Balaban J connectivity index is 1.76. The highest BCUT2D eigenvalue weighted by molar-refractivity contribution is 5.94. The number of ether oxygens (including phenoxy) is 1. The molecule has 3 rings (SSSR count). The molecule has 0 unspecified atom stereocenters. The van der Waals surface area contributed by atoms with E-state index in [2.05, 4.69) is 34.3 Å². The number of aromatic nitrogens is 2. The normalized spacial score (nSPS) is 21.6. The van der Waals surface area contributed by atoms with E-state index in [1.54, 1.807) is 11.1 Å². The van der Waals surface area contributed by atoms with Crippen LogP contribution < -0.4 is 0 Å². The molecule has 1 aromatic heterocycles. The van der Waals surface area contributed by atoms with Crippen molar-refractivity contribution in [1.82, 2.24) is 20.0 Å². The topological polar surface area (TPSA) is 61.5 Å². The van der Waals surface area contributed by atoms with Gasteiger partial charge in [0.05, 0.1) is 30.5 Å². The van der Waals surface area contributed by atoms with Gasteiger partial charge in [-0.15, -0.1) is 0 Å². The van der Waals surface area contributed by atoms with Crippen molar-refractivity contribution in [2.75, 3.05) is 33.8 Å². The zero-order chi connectivity index (χ0) is 17.1. The van der Waals surface area contributed by atoms with Gasteiger partial charge < -0.3 is 9.64 Å². The number of amides is 1. The first kappa shape index (κ1) is 16.7. The first-order chi connectivity index (χ1) is 11.6. The number of carbonyl (C=O) groups is 1. The Morgan fingerprint density at radius 1 is 1.42 bits per heavy atom. The first-order valence-corrected chi connectivity index (χ1v) is 8.20. The number of morpholine rings is 1. The molecule has 1 amide bonds. The highest BCUT2D eigenvalue weighted by Gasteiger charge is 2.33. The molecule has 128 valence electrons. The van der Waals surface area contributed by atoms with Crippen molar-refractivity contribution in [3.63, 3.8) is 0 Å². The maximum atomic E-state index is 12.6. The van der Waals surface area contributed by atoms with Crippen molar-refractivity contribution >= 4 is 5.91 Å². The van der Waals surface area contributed by atoms with Crippen LogP contribution in [0, 0.1) is 6.92 Å². The third-order valence-corrected chi connectivity index (χ3v) is 4.60. The largest absolute Gasteiger partial charge is 0.373 e.